The van der Waals surface area contributed by atoms with E-state index in [1.807, 2.05) is 0 Å². The molecule has 2 fully saturated rings. The van der Waals surface area contributed by atoms with Gasteiger partial charge in [0, 0.05) is 45.3 Å². The van der Waals surface area contributed by atoms with Crippen LogP contribution in [0.15, 0.2) is 10.6 Å². The molecule has 3 heterocycles. The standard InChI is InChI=1S/C14H22N4O4S/c1-12-10-13(22-15-12)11-14(19)16-6-8-18(9-7-16)23(20,21)17-4-2-3-5-17/h10H,2-9,11H2,1H3. The number of piperazine rings is 1. The summed E-state index contributed by atoms with van der Waals surface area (Å²) in [6.07, 6.45) is 2.02. The lowest BCUT2D eigenvalue weighted by Gasteiger charge is -2.35. The summed E-state index contributed by atoms with van der Waals surface area (Å²) >= 11 is 0. The molecule has 0 aromatic carbocycles. The van der Waals surface area contributed by atoms with Crippen molar-refractivity contribution in [1.29, 1.82) is 0 Å². The summed E-state index contributed by atoms with van der Waals surface area (Å²) in [5.41, 5.74) is 0.745. The Morgan fingerprint density at radius 2 is 1.74 bits per heavy atom. The first-order valence-corrected chi connectivity index (χ1v) is 9.32. The van der Waals surface area contributed by atoms with Crippen molar-refractivity contribution < 1.29 is 17.7 Å². The zero-order chi connectivity index (χ0) is 16.4. The number of aromatic nitrogens is 1. The van der Waals surface area contributed by atoms with Gasteiger partial charge in [-0.25, -0.2) is 0 Å². The van der Waals surface area contributed by atoms with E-state index in [1.165, 1.54) is 4.31 Å². The van der Waals surface area contributed by atoms with Gasteiger partial charge in [0.15, 0.2) is 0 Å². The second kappa shape index (κ2) is 6.58. The Labute approximate surface area is 136 Å². The molecule has 0 atom stereocenters. The van der Waals surface area contributed by atoms with Crippen molar-refractivity contribution in [3.63, 3.8) is 0 Å². The molecule has 2 aliphatic rings. The summed E-state index contributed by atoms with van der Waals surface area (Å²) in [7, 11) is -3.37. The summed E-state index contributed by atoms with van der Waals surface area (Å²) in [5.74, 6) is 0.485. The Morgan fingerprint density at radius 1 is 1.13 bits per heavy atom. The average Bonchev–Trinajstić information content (AvgIpc) is 3.19. The molecule has 128 valence electrons. The summed E-state index contributed by atoms with van der Waals surface area (Å²) < 4.78 is 33.1. The summed E-state index contributed by atoms with van der Waals surface area (Å²) in [4.78, 5) is 13.9. The highest BCUT2D eigenvalue weighted by atomic mass is 32.2. The van der Waals surface area contributed by atoms with E-state index in [2.05, 4.69) is 5.16 Å². The van der Waals surface area contributed by atoms with Crippen LogP contribution in [0.3, 0.4) is 0 Å². The van der Waals surface area contributed by atoms with Crippen LogP contribution in [0, 0.1) is 6.92 Å². The highest BCUT2D eigenvalue weighted by Gasteiger charge is 2.34. The maximum atomic E-state index is 12.5. The molecule has 1 amide bonds. The van der Waals surface area contributed by atoms with Crippen LogP contribution in [0.4, 0.5) is 0 Å². The zero-order valence-corrected chi connectivity index (χ0v) is 14.1. The highest BCUT2D eigenvalue weighted by Crippen LogP contribution is 2.18. The van der Waals surface area contributed by atoms with Gasteiger partial charge < -0.3 is 9.42 Å². The van der Waals surface area contributed by atoms with Crippen molar-refractivity contribution in [2.45, 2.75) is 26.2 Å². The number of carbonyl (C=O) groups is 1. The number of hydrogen-bond donors (Lipinski definition) is 0. The molecule has 0 saturated carbocycles. The van der Waals surface area contributed by atoms with E-state index in [9.17, 15) is 13.2 Å². The number of nitrogens with zero attached hydrogens (tertiary/aromatic N) is 4. The molecule has 3 rings (SSSR count). The second-order valence-corrected chi connectivity index (χ2v) is 7.93. The van der Waals surface area contributed by atoms with Gasteiger partial charge in [-0.1, -0.05) is 5.16 Å². The van der Waals surface area contributed by atoms with Gasteiger partial charge >= 0.3 is 0 Å². The topological polar surface area (TPSA) is 87.0 Å². The number of aryl methyl sites for hydroxylation is 1. The Kier molecular flexibility index (Phi) is 4.69. The lowest BCUT2D eigenvalue weighted by Crippen LogP contribution is -2.54. The maximum absolute atomic E-state index is 12.5. The maximum Gasteiger partial charge on any atom is 0.282 e. The molecule has 2 saturated heterocycles. The molecule has 1 aromatic rings. The smallest absolute Gasteiger partial charge is 0.282 e. The third kappa shape index (κ3) is 3.56. The van der Waals surface area contributed by atoms with Gasteiger partial charge in [-0.15, -0.1) is 0 Å². The molecule has 2 aliphatic heterocycles. The van der Waals surface area contributed by atoms with E-state index in [4.69, 9.17) is 4.52 Å². The molecule has 0 bridgehead atoms. The van der Waals surface area contributed by atoms with E-state index in [0.29, 0.717) is 45.0 Å². The van der Waals surface area contributed by atoms with Crippen LogP contribution in [0.5, 0.6) is 0 Å². The van der Waals surface area contributed by atoms with Crippen molar-refractivity contribution >= 4 is 16.1 Å². The highest BCUT2D eigenvalue weighted by molar-refractivity contribution is 7.86. The van der Waals surface area contributed by atoms with Gasteiger partial charge in [0.1, 0.15) is 5.76 Å². The van der Waals surface area contributed by atoms with Crippen LogP contribution < -0.4 is 0 Å². The number of carbonyl (C=O) groups excluding carboxylic acids is 1. The van der Waals surface area contributed by atoms with Crippen LogP contribution in [0.2, 0.25) is 0 Å². The molecular formula is C14H22N4O4S. The van der Waals surface area contributed by atoms with Crippen molar-refractivity contribution in [2.75, 3.05) is 39.3 Å². The molecule has 0 aliphatic carbocycles. The molecule has 23 heavy (non-hydrogen) atoms. The van der Waals surface area contributed by atoms with Gasteiger partial charge in [0.25, 0.3) is 10.2 Å². The lowest BCUT2D eigenvalue weighted by atomic mass is 10.2. The van der Waals surface area contributed by atoms with Crippen LogP contribution in [0.25, 0.3) is 0 Å². The normalized spacial score (nSPS) is 21.0. The van der Waals surface area contributed by atoms with Crippen LogP contribution >= 0.6 is 0 Å². The van der Waals surface area contributed by atoms with Crippen LogP contribution in [-0.2, 0) is 21.4 Å². The SMILES string of the molecule is Cc1cc(CC(=O)N2CCN(S(=O)(=O)N3CCCC3)CC2)on1. The average molecular weight is 342 g/mol. The summed E-state index contributed by atoms with van der Waals surface area (Å²) in [6.45, 7) is 4.54. The van der Waals surface area contributed by atoms with Crippen molar-refractivity contribution in [3.8, 4) is 0 Å². The minimum atomic E-state index is -3.37. The van der Waals surface area contributed by atoms with Gasteiger partial charge in [0.05, 0.1) is 12.1 Å². The minimum absolute atomic E-state index is 0.0561. The lowest BCUT2D eigenvalue weighted by molar-refractivity contribution is -0.132. The molecule has 0 unspecified atom stereocenters. The number of rotatable bonds is 4. The van der Waals surface area contributed by atoms with Crippen molar-refractivity contribution in [3.05, 3.63) is 17.5 Å². The van der Waals surface area contributed by atoms with Crippen LogP contribution in [0.1, 0.15) is 24.3 Å². The van der Waals surface area contributed by atoms with E-state index in [-0.39, 0.29) is 12.3 Å². The molecular weight excluding hydrogens is 320 g/mol. The third-order valence-corrected chi connectivity index (χ3v) is 6.35. The first-order valence-electron chi connectivity index (χ1n) is 7.92. The first kappa shape index (κ1) is 16.4. The van der Waals surface area contributed by atoms with E-state index >= 15 is 0 Å². The summed E-state index contributed by atoms with van der Waals surface area (Å²) in [6, 6.07) is 1.74. The van der Waals surface area contributed by atoms with Gasteiger partial charge in [-0.3, -0.25) is 4.79 Å². The Balaban J connectivity index is 1.54. The van der Waals surface area contributed by atoms with Gasteiger partial charge in [0.2, 0.25) is 5.91 Å². The molecule has 8 nitrogen and oxygen atoms in total. The largest absolute Gasteiger partial charge is 0.361 e. The van der Waals surface area contributed by atoms with Crippen molar-refractivity contribution in [1.82, 2.24) is 18.7 Å². The Hall–Kier alpha value is -1.45. The molecule has 9 heteroatoms. The minimum Gasteiger partial charge on any atom is -0.361 e. The molecule has 0 N–H and O–H groups in total. The van der Waals surface area contributed by atoms with Gasteiger partial charge in [-0.2, -0.15) is 17.0 Å². The predicted molar refractivity (Wildman–Crippen MR) is 82.8 cm³/mol. The second-order valence-electron chi connectivity index (χ2n) is 6.01. The predicted octanol–water partition coefficient (Wildman–Crippen LogP) is 0.0103. The fraction of sp³-hybridized carbons (Fsp3) is 0.714. The van der Waals surface area contributed by atoms with E-state index in [0.717, 1.165) is 18.5 Å². The number of hydrogen-bond acceptors (Lipinski definition) is 5. The summed E-state index contributed by atoms with van der Waals surface area (Å²) in [5, 5.41) is 3.76. The van der Waals surface area contributed by atoms with E-state index in [1.54, 1.807) is 22.2 Å². The van der Waals surface area contributed by atoms with Crippen LogP contribution in [-0.4, -0.2) is 72.3 Å². The monoisotopic (exact) mass is 342 g/mol. The number of amides is 1. The first-order chi connectivity index (χ1) is 11.0. The Bertz CT molecular complexity index is 658. The quantitative estimate of drug-likeness (QED) is 0.769. The zero-order valence-electron chi connectivity index (χ0n) is 13.3. The van der Waals surface area contributed by atoms with Gasteiger partial charge in [-0.05, 0) is 19.8 Å². The molecule has 0 radical (unpaired) electrons. The fourth-order valence-corrected chi connectivity index (χ4v) is 4.68. The molecule has 1 aromatic heterocycles. The molecule has 0 spiro atoms. The third-order valence-electron chi connectivity index (χ3n) is 4.31. The fourth-order valence-electron chi connectivity index (χ4n) is 3.01. The van der Waals surface area contributed by atoms with Crippen molar-refractivity contribution in [2.24, 2.45) is 0 Å². The Morgan fingerprint density at radius 3 is 2.30 bits per heavy atom. The van der Waals surface area contributed by atoms with E-state index < -0.39 is 10.2 Å².